The third-order valence-corrected chi connectivity index (χ3v) is 2.36. The summed E-state index contributed by atoms with van der Waals surface area (Å²) < 4.78 is 0. The molecular weight excluding hydrogens is 198 g/mol. The van der Waals surface area contributed by atoms with E-state index >= 15 is 0 Å². The van der Waals surface area contributed by atoms with Crippen LogP contribution in [0, 0.1) is 19.9 Å². The van der Waals surface area contributed by atoms with Gasteiger partial charge in [0.2, 0.25) is 0 Å². The molecule has 0 aliphatic carbocycles. The van der Waals surface area contributed by atoms with Crippen LogP contribution in [0.15, 0.2) is 30.3 Å². The van der Waals surface area contributed by atoms with Crippen LogP contribution in [0.25, 0.3) is 0 Å². The molecule has 16 heavy (non-hydrogen) atoms. The van der Waals surface area contributed by atoms with Crippen LogP contribution in [0.3, 0.4) is 0 Å². The van der Waals surface area contributed by atoms with Gasteiger partial charge in [-0.1, -0.05) is 12.1 Å². The van der Waals surface area contributed by atoms with Crippen LogP contribution < -0.4 is 11.1 Å². The van der Waals surface area contributed by atoms with E-state index < -0.39 is 0 Å². The Morgan fingerprint density at radius 2 is 2.19 bits per heavy atom. The minimum absolute atomic E-state index is 0.689. The van der Waals surface area contributed by atoms with Gasteiger partial charge in [-0.2, -0.15) is 0 Å². The molecule has 0 atom stereocenters. The number of rotatable bonds is 2. The average molecular weight is 212 g/mol. The second-order valence-corrected chi connectivity index (χ2v) is 3.76. The Kier molecular flexibility index (Phi) is 2.77. The Bertz CT molecular complexity index is 492. The van der Waals surface area contributed by atoms with E-state index in [2.05, 4.69) is 16.4 Å². The first-order valence-corrected chi connectivity index (χ1v) is 5.13. The first-order valence-electron chi connectivity index (χ1n) is 5.13. The monoisotopic (exact) mass is 212 g/mol. The number of nitrogens with two attached hydrogens (primary N) is 1. The number of benzene rings is 1. The van der Waals surface area contributed by atoms with Crippen LogP contribution in [0.5, 0.6) is 0 Å². The van der Waals surface area contributed by atoms with Gasteiger partial charge in [0.25, 0.3) is 0 Å². The lowest BCUT2D eigenvalue weighted by atomic mass is 10.2. The number of hydrogen-bond acceptors (Lipinski definition) is 3. The van der Waals surface area contributed by atoms with E-state index in [0.29, 0.717) is 11.5 Å². The van der Waals surface area contributed by atoms with E-state index in [1.165, 1.54) is 0 Å². The summed E-state index contributed by atoms with van der Waals surface area (Å²) in [6.45, 7) is 3.93. The van der Waals surface area contributed by atoms with Crippen molar-refractivity contribution in [3.05, 3.63) is 47.7 Å². The van der Waals surface area contributed by atoms with Crippen LogP contribution in [0.1, 0.15) is 11.3 Å². The third-order valence-electron chi connectivity index (χ3n) is 2.36. The largest absolute Gasteiger partial charge is 0.396 e. The van der Waals surface area contributed by atoms with E-state index in [4.69, 9.17) is 5.73 Å². The molecule has 3 nitrogen and oxygen atoms in total. The average Bonchev–Trinajstić information content (AvgIpc) is 2.27. The number of aromatic nitrogens is 1. The van der Waals surface area contributed by atoms with Crippen LogP contribution in [0.4, 0.5) is 17.2 Å². The molecule has 0 unspecified atom stereocenters. The lowest BCUT2D eigenvalue weighted by Crippen LogP contribution is -2.02. The zero-order valence-electron chi connectivity index (χ0n) is 9.41. The summed E-state index contributed by atoms with van der Waals surface area (Å²) >= 11 is 0. The maximum absolute atomic E-state index is 5.96. The first-order chi connectivity index (χ1) is 7.66. The standard InChI is InChI=1S/C13H14N3/c1-9-8-10(2)15-13(12(9)14)16-11-6-4-3-5-7-11/h3-4,6-8H,14H2,1-2H3,(H,15,16). The highest BCUT2D eigenvalue weighted by atomic mass is 15.0. The predicted molar refractivity (Wildman–Crippen MR) is 66.7 cm³/mol. The van der Waals surface area contributed by atoms with Crippen molar-refractivity contribution in [3.63, 3.8) is 0 Å². The van der Waals surface area contributed by atoms with Gasteiger partial charge in [0.05, 0.1) is 5.69 Å². The third kappa shape index (κ3) is 2.14. The van der Waals surface area contributed by atoms with Gasteiger partial charge in [-0.05, 0) is 43.7 Å². The molecule has 1 heterocycles. The minimum Gasteiger partial charge on any atom is -0.396 e. The van der Waals surface area contributed by atoms with Gasteiger partial charge >= 0.3 is 0 Å². The van der Waals surface area contributed by atoms with Gasteiger partial charge in [0.1, 0.15) is 0 Å². The molecule has 81 valence electrons. The molecule has 2 aromatic rings. The van der Waals surface area contributed by atoms with Crippen molar-refractivity contribution >= 4 is 17.2 Å². The lowest BCUT2D eigenvalue weighted by molar-refractivity contribution is 1.18. The molecule has 1 radical (unpaired) electrons. The number of anilines is 3. The maximum Gasteiger partial charge on any atom is 0.154 e. The Labute approximate surface area is 95.3 Å². The molecule has 0 spiro atoms. The van der Waals surface area contributed by atoms with Crippen molar-refractivity contribution in [1.29, 1.82) is 0 Å². The number of hydrogen-bond donors (Lipinski definition) is 2. The second kappa shape index (κ2) is 4.23. The summed E-state index contributed by atoms with van der Waals surface area (Å²) in [4.78, 5) is 4.38. The van der Waals surface area contributed by atoms with Crippen molar-refractivity contribution in [2.24, 2.45) is 0 Å². The van der Waals surface area contributed by atoms with Crippen molar-refractivity contribution < 1.29 is 0 Å². The van der Waals surface area contributed by atoms with Crippen LogP contribution in [-0.2, 0) is 0 Å². The Morgan fingerprint density at radius 3 is 2.88 bits per heavy atom. The summed E-state index contributed by atoms with van der Waals surface area (Å²) in [6.07, 6.45) is 0. The first kappa shape index (κ1) is 10.5. The minimum atomic E-state index is 0.689. The molecule has 1 aromatic carbocycles. The van der Waals surface area contributed by atoms with Gasteiger partial charge in [0.15, 0.2) is 5.82 Å². The van der Waals surface area contributed by atoms with E-state index in [0.717, 1.165) is 16.9 Å². The van der Waals surface area contributed by atoms with Crippen molar-refractivity contribution in [1.82, 2.24) is 4.98 Å². The fourth-order valence-corrected chi connectivity index (χ4v) is 1.55. The lowest BCUT2D eigenvalue weighted by Gasteiger charge is -2.11. The highest BCUT2D eigenvalue weighted by Gasteiger charge is 2.05. The van der Waals surface area contributed by atoms with Crippen molar-refractivity contribution in [2.75, 3.05) is 11.1 Å². The SMILES string of the molecule is Cc1cc(C)c(N)c(Nc2c[c]ccc2)n1. The molecule has 0 fully saturated rings. The zero-order valence-corrected chi connectivity index (χ0v) is 9.41. The molecule has 3 heteroatoms. The number of nitrogen functional groups attached to an aromatic ring is 1. The molecule has 0 aliphatic rings. The summed E-state index contributed by atoms with van der Waals surface area (Å²) in [5.41, 5.74) is 9.58. The summed E-state index contributed by atoms with van der Waals surface area (Å²) in [6, 6.07) is 12.6. The number of aryl methyl sites for hydroxylation is 2. The van der Waals surface area contributed by atoms with E-state index in [-0.39, 0.29) is 0 Å². The fourth-order valence-electron chi connectivity index (χ4n) is 1.55. The predicted octanol–water partition coefficient (Wildman–Crippen LogP) is 2.82. The van der Waals surface area contributed by atoms with Gasteiger partial charge in [-0.3, -0.25) is 0 Å². The molecule has 3 N–H and O–H groups in total. The molecule has 0 amide bonds. The fraction of sp³-hybridized carbons (Fsp3) is 0.154. The van der Waals surface area contributed by atoms with Crippen LogP contribution in [-0.4, -0.2) is 4.98 Å². The Balaban J connectivity index is 2.35. The van der Waals surface area contributed by atoms with E-state index in [1.807, 2.05) is 44.2 Å². The Morgan fingerprint density at radius 1 is 1.38 bits per heavy atom. The molecule has 0 bridgehead atoms. The molecular formula is C13H14N3. The maximum atomic E-state index is 5.96. The summed E-state index contributed by atoms with van der Waals surface area (Å²) in [5.74, 6) is 0.706. The van der Waals surface area contributed by atoms with Gasteiger partial charge in [-0.25, -0.2) is 4.98 Å². The molecule has 0 saturated heterocycles. The summed E-state index contributed by atoms with van der Waals surface area (Å²) in [5, 5.41) is 3.19. The highest BCUT2D eigenvalue weighted by Crippen LogP contribution is 2.24. The molecule has 1 aromatic heterocycles. The number of nitrogens with one attached hydrogen (secondary N) is 1. The summed E-state index contributed by atoms with van der Waals surface area (Å²) in [7, 11) is 0. The van der Waals surface area contributed by atoms with Gasteiger partial charge in [0, 0.05) is 11.4 Å². The Hall–Kier alpha value is -2.03. The molecule has 0 aliphatic heterocycles. The molecule has 2 rings (SSSR count). The van der Waals surface area contributed by atoms with Crippen LogP contribution in [0.2, 0.25) is 0 Å². The van der Waals surface area contributed by atoms with E-state index in [1.54, 1.807) is 0 Å². The number of pyridine rings is 1. The zero-order chi connectivity index (χ0) is 11.5. The smallest absolute Gasteiger partial charge is 0.154 e. The van der Waals surface area contributed by atoms with Crippen molar-refractivity contribution in [3.8, 4) is 0 Å². The second-order valence-electron chi connectivity index (χ2n) is 3.76. The number of nitrogens with zero attached hydrogens (tertiary/aromatic N) is 1. The van der Waals surface area contributed by atoms with Gasteiger partial charge < -0.3 is 11.1 Å². The van der Waals surface area contributed by atoms with Crippen LogP contribution >= 0.6 is 0 Å². The topological polar surface area (TPSA) is 50.9 Å². The van der Waals surface area contributed by atoms with Gasteiger partial charge in [-0.15, -0.1) is 0 Å². The quantitative estimate of drug-likeness (QED) is 0.804. The highest BCUT2D eigenvalue weighted by molar-refractivity contribution is 5.71. The van der Waals surface area contributed by atoms with Crippen molar-refractivity contribution in [2.45, 2.75) is 13.8 Å². The normalized spacial score (nSPS) is 10.1. The van der Waals surface area contributed by atoms with E-state index in [9.17, 15) is 0 Å². The molecule has 0 saturated carbocycles.